The second-order valence-corrected chi connectivity index (χ2v) is 5.73. The lowest BCUT2D eigenvalue weighted by molar-refractivity contribution is 0.279. The van der Waals surface area contributed by atoms with Crippen LogP contribution >= 0.6 is 10.7 Å². The largest absolute Gasteiger partial charge is 0.247 e. The molecule has 1 aliphatic rings. The first-order valence-electron chi connectivity index (χ1n) is 3.55. The first-order valence-corrected chi connectivity index (χ1v) is 6.03. The molecule has 0 spiro atoms. The quantitative estimate of drug-likeness (QED) is 0.636. The van der Waals surface area contributed by atoms with Gasteiger partial charge in [-0.05, 0) is 12.8 Å². The molecular weight excluding hydrogens is 191 g/mol. The zero-order valence-electron chi connectivity index (χ0n) is 5.96. The number of hydrogen-bond acceptors (Lipinski definition) is 2. The summed E-state index contributed by atoms with van der Waals surface area (Å²) in [6.07, 6.45) is 0.936. The van der Waals surface area contributed by atoms with Crippen LogP contribution < -0.4 is 0 Å². The van der Waals surface area contributed by atoms with Crippen LogP contribution in [0.5, 0.6) is 0 Å². The van der Waals surface area contributed by atoms with Gasteiger partial charge in [0.15, 0.2) is 0 Å². The van der Waals surface area contributed by atoms with Crippen LogP contribution in [0.1, 0.15) is 19.3 Å². The van der Waals surface area contributed by atoms with Crippen molar-refractivity contribution in [2.45, 2.75) is 25.4 Å². The Hall–Kier alpha value is 0.170. The minimum Gasteiger partial charge on any atom is -0.247 e. The number of alkyl halides is 1. The molecule has 0 amide bonds. The predicted octanol–water partition coefficient (Wildman–Crippen LogP) is 1.69. The van der Waals surface area contributed by atoms with Crippen LogP contribution in [-0.4, -0.2) is 20.3 Å². The molecule has 0 bridgehead atoms. The molecule has 0 radical (unpaired) electrons. The lowest BCUT2D eigenvalue weighted by atomic mass is 10.1. The van der Waals surface area contributed by atoms with Gasteiger partial charge in [-0.3, -0.25) is 0 Å². The van der Waals surface area contributed by atoms with Gasteiger partial charge in [0.05, 0.1) is 5.75 Å². The molecule has 0 aliphatic heterocycles. The van der Waals surface area contributed by atoms with Crippen molar-refractivity contribution in [2.24, 2.45) is 5.92 Å². The van der Waals surface area contributed by atoms with Crippen LogP contribution in [0.3, 0.4) is 0 Å². The molecule has 0 aromatic rings. The average molecular weight is 201 g/mol. The molecule has 0 aromatic heterocycles. The van der Waals surface area contributed by atoms with Gasteiger partial charge < -0.3 is 0 Å². The van der Waals surface area contributed by atoms with Gasteiger partial charge in [0.25, 0.3) is 0 Å². The van der Waals surface area contributed by atoms with E-state index in [0.29, 0.717) is 12.8 Å². The highest BCUT2D eigenvalue weighted by Crippen LogP contribution is 2.29. The fraction of sp³-hybridized carbons (Fsp3) is 1.00. The zero-order valence-corrected chi connectivity index (χ0v) is 7.54. The highest BCUT2D eigenvalue weighted by molar-refractivity contribution is 8.13. The molecule has 0 N–H and O–H groups in total. The Morgan fingerprint density at radius 3 is 2.45 bits per heavy atom. The SMILES string of the molecule is O=S(=O)(Cl)CC1CCCC1F. The van der Waals surface area contributed by atoms with Crippen LogP contribution in [0, 0.1) is 5.92 Å². The molecule has 0 heterocycles. The minimum atomic E-state index is -3.51. The summed E-state index contributed by atoms with van der Waals surface area (Å²) in [6, 6.07) is 0. The van der Waals surface area contributed by atoms with Gasteiger partial charge in [-0.2, -0.15) is 0 Å². The molecule has 1 fully saturated rings. The van der Waals surface area contributed by atoms with Crippen molar-refractivity contribution in [3.05, 3.63) is 0 Å². The van der Waals surface area contributed by atoms with E-state index in [-0.39, 0.29) is 11.7 Å². The molecule has 2 nitrogen and oxygen atoms in total. The maximum atomic E-state index is 12.8. The Balaban J connectivity index is 2.50. The highest BCUT2D eigenvalue weighted by atomic mass is 35.7. The fourth-order valence-electron chi connectivity index (χ4n) is 1.44. The molecule has 2 atom stereocenters. The van der Waals surface area contributed by atoms with Crippen LogP contribution in [0.25, 0.3) is 0 Å². The topological polar surface area (TPSA) is 34.1 Å². The van der Waals surface area contributed by atoms with Crippen LogP contribution in [0.2, 0.25) is 0 Å². The van der Waals surface area contributed by atoms with Crippen molar-refractivity contribution >= 4 is 19.7 Å². The maximum Gasteiger partial charge on any atom is 0.232 e. The van der Waals surface area contributed by atoms with Gasteiger partial charge in [-0.15, -0.1) is 0 Å². The molecule has 66 valence electrons. The van der Waals surface area contributed by atoms with E-state index in [9.17, 15) is 12.8 Å². The first kappa shape index (κ1) is 9.26. The first-order chi connectivity index (χ1) is 4.99. The number of halogens is 2. The van der Waals surface area contributed by atoms with Crippen molar-refractivity contribution < 1.29 is 12.8 Å². The molecule has 0 saturated heterocycles. The second kappa shape index (κ2) is 3.27. The Bertz CT molecular complexity index is 227. The van der Waals surface area contributed by atoms with Gasteiger partial charge in [-0.25, -0.2) is 12.8 Å². The van der Waals surface area contributed by atoms with Gasteiger partial charge in [-0.1, -0.05) is 6.42 Å². The van der Waals surface area contributed by atoms with E-state index >= 15 is 0 Å². The van der Waals surface area contributed by atoms with Crippen molar-refractivity contribution in [3.63, 3.8) is 0 Å². The van der Waals surface area contributed by atoms with Crippen LogP contribution in [-0.2, 0) is 9.05 Å². The molecule has 0 aromatic carbocycles. The van der Waals surface area contributed by atoms with Gasteiger partial charge in [0, 0.05) is 16.6 Å². The lowest BCUT2D eigenvalue weighted by Crippen LogP contribution is -2.16. The van der Waals surface area contributed by atoms with Crippen molar-refractivity contribution in [3.8, 4) is 0 Å². The van der Waals surface area contributed by atoms with E-state index in [1.807, 2.05) is 0 Å². The summed E-state index contributed by atoms with van der Waals surface area (Å²) in [5, 5.41) is 0. The molecular formula is C6H10ClFO2S. The number of hydrogen-bond donors (Lipinski definition) is 0. The summed E-state index contributed by atoms with van der Waals surface area (Å²) in [5.74, 6) is -0.576. The molecule has 1 aliphatic carbocycles. The van der Waals surface area contributed by atoms with Crippen LogP contribution in [0.15, 0.2) is 0 Å². The molecule has 1 rings (SSSR count). The third-order valence-corrected chi connectivity index (χ3v) is 3.18. The standard InChI is InChI=1S/C6H10ClFO2S/c7-11(9,10)4-5-2-1-3-6(5)8/h5-6H,1-4H2. The zero-order chi connectivity index (χ0) is 8.48. The highest BCUT2D eigenvalue weighted by Gasteiger charge is 2.30. The minimum absolute atomic E-state index is 0.213. The predicted molar refractivity (Wildman–Crippen MR) is 41.9 cm³/mol. The summed E-state index contributed by atoms with van der Waals surface area (Å²) in [7, 11) is 1.48. The summed E-state index contributed by atoms with van der Waals surface area (Å²) in [5.41, 5.74) is 0. The van der Waals surface area contributed by atoms with E-state index in [4.69, 9.17) is 10.7 Å². The maximum absolute atomic E-state index is 12.8. The van der Waals surface area contributed by atoms with Gasteiger partial charge in [0.1, 0.15) is 6.17 Å². The summed E-state index contributed by atoms with van der Waals surface area (Å²) >= 11 is 0. The molecule has 2 unspecified atom stereocenters. The van der Waals surface area contributed by atoms with Crippen molar-refractivity contribution in [1.82, 2.24) is 0 Å². The van der Waals surface area contributed by atoms with Crippen molar-refractivity contribution in [1.29, 1.82) is 0 Å². The number of rotatable bonds is 2. The smallest absolute Gasteiger partial charge is 0.232 e. The lowest BCUT2D eigenvalue weighted by Gasteiger charge is -2.08. The fourth-order valence-corrected chi connectivity index (χ4v) is 2.81. The van der Waals surface area contributed by atoms with E-state index < -0.39 is 15.2 Å². The Labute approximate surface area is 70.2 Å². The van der Waals surface area contributed by atoms with E-state index in [2.05, 4.69) is 0 Å². The molecule has 5 heteroatoms. The third-order valence-electron chi connectivity index (χ3n) is 1.98. The normalized spacial score (nSPS) is 32.5. The average Bonchev–Trinajstić information content (AvgIpc) is 2.12. The second-order valence-electron chi connectivity index (χ2n) is 2.91. The van der Waals surface area contributed by atoms with Crippen molar-refractivity contribution in [2.75, 3.05) is 5.75 Å². The monoisotopic (exact) mass is 200 g/mol. The van der Waals surface area contributed by atoms with Gasteiger partial charge in [0.2, 0.25) is 9.05 Å². The van der Waals surface area contributed by atoms with Gasteiger partial charge >= 0.3 is 0 Å². The Kier molecular flexibility index (Phi) is 2.75. The third kappa shape index (κ3) is 2.95. The van der Waals surface area contributed by atoms with Crippen LogP contribution in [0.4, 0.5) is 4.39 Å². The summed E-state index contributed by atoms with van der Waals surface area (Å²) < 4.78 is 33.9. The molecule has 1 saturated carbocycles. The van der Waals surface area contributed by atoms with E-state index in [0.717, 1.165) is 6.42 Å². The Morgan fingerprint density at radius 1 is 1.45 bits per heavy atom. The van der Waals surface area contributed by atoms with E-state index in [1.54, 1.807) is 0 Å². The Morgan fingerprint density at radius 2 is 2.09 bits per heavy atom. The molecule has 11 heavy (non-hydrogen) atoms. The van der Waals surface area contributed by atoms with E-state index in [1.165, 1.54) is 0 Å². The summed E-state index contributed by atoms with van der Waals surface area (Å²) in [4.78, 5) is 0. The summed E-state index contributed by atoms with van der Waals surface area (Å²) in [6.45, 7) is 0.